The number of fused-ring (bicyclic) bond motifs is 2. The molecule has 0 spiro atoms. The number of aromatic nitrogens is 1. The topological polar surface area (TPSA) is 201 Å². The number of likely N-dealkylation sites (N-methyl/N-ethyl adjacent to an activating group) is 2. The van der Waals surface area contributed by atoms with E-state index in [-0.39, 0.29) is 6.29 Å². The first-order valence-corrected chi connectivity index (χ1v) is 12.6. The third kappa shape index (κ3) is 18.0. The smallest absolute Gasteiger partial charge is 0.485 e. The monoisotopic (exact) mass is 488 g/mol. The minimum Gasteiger partial charge on any atom is -0.567 e. The molecule has 1 aliphatic heterocycles. The molecule has 0 saturated carbocycles. The van der Waals surface area contributed by atoms with Gasteiger partial charge >= 0.3 is 24.1 Å². The second-order valence-electron chi connectivity index (χ2n) is 6.50. The molecule has 4 N–H and O–H groups in total. The summed E-state index contributed by atoms with van der Waals surface area (Å²) >= 11 is 0. The molecule has 0 radical (unpaired) electrons. The van der Waals surface area contributed by atoms with Crippen LogP contribution in [0.3, 0.4) is 0 Å². The summed E-state index contributed by atoms with van der Waals surface area (Å²) in [5.74, 6) is 0. The Hall–Kier alpha value is -0.780. The summed E-state index contributed by atoms with van der Waals surface area (Å²) < 4.78 is 28.5. The van der Waals surface area contributed by atoms with Crippen molar-refractivity contribution in [3.8, 4) is 0 Å². The lowest BCUT2D eigenvalue weighted by atomic mass is 10.2. The standard InChI is InChI=1S/C14H25N4O3P.2HO3P/c1-16-6-7-17(2)10-13-4-3-5-14(15-13)11-18(9-8-16)12-22(19,20)21;2*1-4(2)3/h3-5H,6-12H2,1-2H3,(H2,19,20,21);2*(H,1,2,3). The Bertz CT molecular complexity index is 702. The minimum absolute atomic E-state index is 0.230. The fourth-order valence-corrected chi connectivity index (χ4v) is 3.28. The zero-order valence-corrected chi connectivity index (χ0v) is 19.3. The average molecular weight is 488 g/mol. The first-order chi connectivity index (χ1) is 13.8. The van der Waals surface area contributed by atoms with Gasteiger partial charge in [0, 0.05) is 39.3 Å². The predicted molar refractivity (Wildman–Crippen MR) is 105 cm³/mol. The predicted octanol–water partition coefficient (Wildman–Crippen LogP) is -1.61. The minimum atomic E-state index is -4.07. The molecular formula is C14H27N4O9P3. The van der Waals surface area contributed by atoms with Gasteiger partial charge in [-0.3, -0.25) is 19.3 Å². The summed E-state index contributed by atoms with van der Waals surface area (Å²) in [6, 6.07) is 5.85. The number of hydrogen-bond acceptors (Lipinski definition) is 9. The van der Waals surface area contributed by atoms with Crippen molar-refractivity contribution < 1.29 is 43.1 Å². The van der Waals surface area contributed by atoms with Gasteiger partial charge in [0.05, 0.1) is 11.4 Å². The molecule has 0 fully saturated rings. The van der Waals surface area contributed by atoms with Crippen LogP contribution in [0.4, 0.5) is 0 Å². The van der Waals surface area contributed by atoms with E-state index < -0.39 is 24.1 Å². The van der Waals surface area contributed by atoms with Crippen LogP contribution in [0.2, 0.25) is 0 Å². The maximum absolute atomic E-state index is 11.3. The third-order valence-electron chi connectivity index (χ3n) is 3.73. The van der Waals surface area contributed by atoms with E-state index >= 15 is 0 Å². The number of nitrogens with zero attached hydrogens (tertiary/aromatic N) is 4. The highest BCUT2D eigenvalue weighted by molar-refractivity contribution is 7.51. The number of rotatable bonds is 2. The Balaban J connectivity index is 0.000000901. The van der Waals surface area contributed by atoms with Crippen molar-refractivity contribution in [1.29, 1.82) is 0 Å². The molecule has 2 rings (SSSR count). The molecule has 16 heteroatoms. The van der Waals surface area contributed by atoms with Crippen molar-refractivity contribution in [2.45, 2.75) is 13.1 Å². The zero-order chi connectivity index (χ0) is 23.3. The van der Waals surface area contributed by atoms with Crippen molar-refractivity contribution in [2.75, 3.05) is 46.6 Å². The van der Waals surface area contributed by atoms with Crippen LogP contribution in [-0.4, -0.2) is 85.8 Å². The molecule has 30 heavy (non-hydrogen) atoms. The second kappa shape index (κ2) is 15.1. The summed E-state index contributed by atoms with van der Waals surface area (Å²) in [6.45, 7) is 4.46. The van der Waals surface area contributed by atoms with E-state index in [1.807, 2.05) is 25.2 Å². The largest absolute Gasteiger partial charge is 0.567 e. The molecule has 2 unspecified atom stereocenters. The van der Waals surface area contributed by atoms with Crippen LogP contribution in [0.15, 0.2) is 18.2 Å². The molecule has 0 aliphatic carbocycles. The Morgan fingerprint density at radius 3 is 1.90 bits per heavy atom. The SMILES string of the molecule is CN1CCN(C)Cc2cccc(n2)CN(CP(=O)(O)O)CC1.O=[P+]([O-])O.O=[P+]([O-])O. The van der Waals surface area contributed by atoms with Gasteiger partial charge in [0.25, 0.3) is 0 Å². The highest BCUT2D eigenvalue weighted by atomic mass is 31.2. The quantitative estimate of drug-likeness (QED) is 0.347. The fourth-order valence-electron chi connectivity index (χ4n) is 2.52. The van der Waals surface area contributed by atoms with Crippen LogP contribution in [0.5, 0.6) is 0 Å². The van der Waals surface area contributed by atoms with E-state index in [0.717, 1.165) is 37.6 Å². The Morgan fingerprint density at radius 2 is 1.40 bits per heavy atom. The van der Waals surface area contributed by atoms with Crippen LogP contribution in [-0.2, 0) is 26.8 Å². The van der Waals surface area contributed by atoms with Gasteiger partial charge in [-0.2, -0.15) is 9.79 Å². The van der Waals surface area contributed by atoms with E-state index in [4.69, 9.17) is 28.7 Å². The van der Waals surface area contributed by atoms with E-state index in [1.54, 1.807) is 4.90 Å². The maximum atomic E-state index is 11.3. The molecule has 2 bridgehead atoms. The van der Waals surface area contributed by atoms with Crippen LogP contribution in [0, 0.1) is 0 Å². The van der Waals surface area contributed by atoms with E-state index in [2.05, 4.69) is 21.8 Å². The second-order valence-corrected chi connectivity index (χ2v) is 9.06. The summed E-state index contributed by atoms with van der Waals surface area (Å²) in [6.07, 6.45) is -0.230. The van der Waals surface area contributed by atoms with Crippen LogP contribution >= 0.6 is 24.1 Å². The summed E-state index contributed by atoms with van der Waals surface area (Å²) in [4.78, 5) is 60.5. The van der Waals surface area contributed by atoms with Gasteiger partial charge in [0.2, 0.25) is 0 Å². The highest BCUT2D eigenvalue weighted by Gasteiger charge is 2.20. The first kappa shape index (κ1) is 29.2. The van der Waals surface area contributed by atoms with E-state index in [0.29, 0.717) is 13.1 Å². The van der Waals surface area contributed by atoms with Crippen LogP contribution in [0.25, 0.3) is 0 Å². The average Bonchev–Trinajstić information content (AvgIpc) is 2.55. The van der Waals surface area contributed by atoms with Gasteiger partial charge in [-0.25, -0.2) is 0 Å². The van der Waals surface area contributed by atoms with Crippen molar-refractivity contribution in [3.05, 3.63) is 29.6 Å². The zero-order valence-electron chi connectivity index (χ0n) is 16.6. The molecular weight excluding hydrogens is 461 g/mol. The molecule has 13 nitrogen and oxygen atoms in total. The van der Waals surface area contributed by atoms with Gasteiger partial charge in [-0.15, -0.1) is 0 Å². The lowest BCUT2D eigenvalue weighted by molar-refractivity contribution is -0.181. The molecule has 2 atom stereocenters. The molecule has 0 amide bonds. The van der Waals surface area contributed by atoms with Crippen LogP contribution < -0.4 is 9.79 Å². The third-order valence-corrected chi connectivity index (χ3v) is 4.50. The molecule has 1 aromatic heterocycles. The van der Waals surface area contributed by atoms with Crippen molar-refractivity contribution in [2.24, 2.45) is 0 Å². The maximum Gasteiger partial charge on any atom is 0.485 e. The Morgan fingerprint density at radius 1 is 0.967 bits per heavy atom. The molecule has 1 aromatic rings. The Labute approximate surface area is 176 Å². The van der Waals surface area contributed by atoms with Gasteiger partial charge in [-0.05, 0) is 35.4 Å². The normalized spacial score (nSPS) is 17.9. The fraction of sp³-hybridized carbons (Fsp3) is 0.643. The molecule has 0 saturated heterocycles. The van der Waals surface area contributed by atoms with Crippen LogP contribution in [0.1, 0.15) is 11.4 Å². The van der Waals surface area contributed by atoms with Crippen molar-refractivity contribution in [3.63, 3.8) is 0 Å². The first-order valence-electron chi connectivity index (χ1n) is 8.54. The number of hydrogen-bond donors (Lipinski definition) is 4. The lowest BCUT2D eigenvalue weighted by Gasteiger charge is -2.28. The van der Waals surface area contributed by atoms with Gasteiger partial charge < -0.3 is 24.5 Å². The molecule has 172 valence electrons. The lowest BCUT2D eigenvalue weighted by Crippen LogP contribution is -2.37. The summed E-state index contributed by atoms with van der Waals surface area (Å²) in [7, 11) is -6.20. The summed E-state index contributed by atoms with van der Waals surface area (Å²) in [5, 5.41) is 0. The van der Waals surface area contributed by atoms with Crippen molar-refractivity contribution in [1.82, 2.24) is 19.7 Å². The molecule has 2 heterocycles. The molecule has 1 aliphatic rings. The van der Waals surface area contributed by atoms with Gasteiger partial charge in [0.15, 0.2) is 0 Å². The van der Waals surface area contributed by atoms with Crippen molar-refractivity contribution >= 4 is 24.1 Å². The van der Waals surface area contributed by atoms with E-state index in [9.17, 15) is 14.4 Å². The Kier molecular flexibility index (Phi) is 14.7. The van der Waals surface area contributed by atoms with E-state index in [1.165, 1.54) is 0 Å². The van der Waals surface area contributed by atoms with Gasteiger partial charge in [-0.1, -0.05) is 6.07 Å². The van der Waals surface area contributed by atoms with Gasteiger partial charge in [0.1, 0.15) is 6.29 Å². The number of pyridine rings is 1. The highest BCUT2D eigenvalue weighted by Crippen LogP contribution is 2.35. The summed E-state index contributed by atoms with van der Waals surface area (Å²) in [5.41, 5.74) is 1.84. The molecule has 0 aromatic carbocycles.